The number of carbonyl (C=O) groups excluding carboxylic acids is 1. The van der Waals surface area contributed by atoms with E-state index in [0.717, 1.165) is 0 Å². The van der Waals surface area contributed by atoms with Crippen molar-refractivity contribution in [3.05, 3.63) is 11.8 Å². The first kappa shape index (κ1) is 17.5. The molecule has 7 nitrogen and oxygen atoms in total. The van der Waals surface area contributed by atoms with E-state index in [2.05, 4.69) is 5.32 Å². The van der Waals surface area contributed by atoms with Gasteiger partial charge in [-0.3, -0.25) is 4.79 Å². The molecule has 1 fully saturated rings. The van der Waals surface area contributed by atoms with Crippen LogP contribution in [0.4, 0.5) is 0 Å². The molecule has 8 heteroatoms. The molecule has 0 aromatic carbocycles. The molecule has 1 N–H and O–H groups in total. The zero-order valence-corrected chi connectivity index (χ0v) is 13.1. The molecule has 0 radical (unpaired) electrons. The van der Waals surface area contributed by atoms with Gasteiger partial charge in [0, 0.05) is 39.6 Å². The first-order chi connectivity index (χ1) is 9.89. The molecular weight excluding hydrogens is 294 g/mol. The zero-order chi connectivity index (χ0) is 15.9. The van der Waals surface area contributed by atoms with Gasteiger partial charge in [-0.15, -0.1) is 0 Å². The largest absolute Gasteiger partial charge is 0.385 e. The average Bonchev–Trinajstić information content (AvgIpc) is 2.80. The molecule has 1 aliphatic rings. The lowest BCUT2D eigenvalue weighted by Gasteiger charge is -2.21. The number of methoxy groups -OCH3 is 1. The maximum Gasteiger partial charge on any atom is 0.263 e. The van der Waals surface area contributed by atoms with Gasteiger partial charge in [-0.25, -0.2) is 8.42 Å². The number of carbonyl (C=O) groups is 1. The molecular formula is C13H21N3O4S. The Kier molecular flexibility index (Phi) is 6.65. The minimum atomic E-state index is -2.99. The van der Waals surface area contributed by atoms with Crippen LogP contribution in [-0.4, -0.2) is 64.1 Å². The van der Waals surface area contributed by atoms with Gasteiger partial charge in [-0.05, 0) is 12.8 Å². The third-order valence-corrected chi connectivity index (χ3v) is 5.04. The van der Waals surface area contributed by atoms with Crippen LogP contribution in [0.1, 0.15) is 12.8 Å². The Balaban J connectivity index is 2.58. The van der Waals surface area contributed by atoms with Crippen LogP contribution in [0.2, 0.25) is 0 Å². The summed E-state index contributed by atoms with van der Waals surface area (Å²) in [6.07, 6.45) is 2.60. The van der Waals surface area contributed by atoms with Gasteiger partial charge in [0.1, 0.15) is 11.6 Å². The van der Waals surface area contributed by atoms with E-state index in [4.69, 9.17) is 10.00 Å². The van der Waals surface area contributed by atoms with Crippen molar-refractivity contribution in [1.82, 2.24) is 10.2 Å². The standard InChI is InChI=1S/C13H21N3O4S/c1-16(12-4-7-21(18,19)10-12)9-11(8-14)13(17)15-5-3-6-20-2/h9,12H,3-7,10H2,1-2H3,(H,15,17)/b11-9-. The molecule has 1 unspecified atom stereocenters. The van der Waals surface area contributed by atoms with Crippen LogP contribution in [0.25, 0.3) is 0 Å². The van der Waals surface area contributed by atoms with Crippen LogP contribution in [0.5, 0.6) is 0 Å². The smallest absolute Gasteiger partial charge is 0.263 e. The van der Waals surface area contributed by atoms with Crippen molar-refractivity contribution in [3.8, 4) is 6.07 Å². The predicted octanol–water partition coefficient (Wildman–Crippen LogP) is -0.335. The van der Waals surface area contributed by atoms with Crippen molar-refractivity contribution in [2.75, 3.05) is 38.8 Å². The van der Waals surface area contributed by atoms with Gasteiger partial charge in [-0.1, -0.05) is 0 Å². The van der Waals surface area contributed by atoms with Gasteiger partial charge in [0.25, 0.3) is 5.91 Å². The Morgan fingerprint density at radius 3 is 2.81 bits per heavy atom. The Labute approximate surface area is 125 Å². The number of rotatable bonds is 7. The Morgan fingerprint density at radius 2 is 2.29 bits per heavy atom. The van der Waals surface area contributed by atoms with Crippen molar-refractivity contribution >= 4 is 15.7 Å². The number of nitrogens with one attached hydrogen (secondary N) is 1. The maximum absolute atomic E-state index is 11.8. The fourth-order valence-electron chi connectivity index (χ4n) is 2.06. The van der Waals surface area contributed by atoms with Crippen molar-refractivity contribution in [3.63, 3.8) is 0 Å². The second-order valence-corrected chi connectivity index (χ2v) is 7.21. The SMILES string of the molecule is COCCCNC(=O)/C(C#N)=C\N(C)C1CCS(=O)(=O)C1. The van der Waals surface area contributed by atoms with E-state index in [-0.39, 0.29) is 23.1 Å². The molecule has 1 heterocycles. The quantitative estimate of drug-likeness (QED) is 0.392. The lowest BCUT2D eigenvalue weighted by atomic mass is 10.2. The molecule has 21 heavy (non-hydrogen) atoms. The molecule has 0 bridgehead atoms. The van der Waals surface area contributed by atoms with Crippen molar-refractivity contribution in [2.24, 2.45) is 0 Å². The first-order valence-electron chi connectivity index (χ1n) is 6.71. The molecule has 0 saturated carbocycles. The van der Waals surface area contributed by atoms with E-state index < -0.39 is 15.7 Å². The van der Waals surface area contributed by atoms with E-state index in [1.165, 1.54) is 6.20 Å². The predicted molar refractivity (Wildman–Crippen MR) is 78.0 cm³/mol. The number of hydrogen-bond acceptors (Lipinski definition) is 6. The van der Waals surface area contributed by atoms with Gasteiger partial charge in [-0.2, -0.15) is 5.26 Å². The van der Waals surface area contributed by atoms with Crippen LogP contribution in [0.15, 0.2) is 11.8 Å². The summed E-state index contributed by atoms with van der Waals surface area (Å²) in [4.78, 5) is 13.5. The van der Waals surface area contributed by atoms with Crippen molar-refractivity contribution < 1.29 is 17.9 Å². The van der Waals surface area contributed by atoms with E-state index in [0.29, 0.717) is 26.0 Å². The highest BCUT2D eigenvalue weighted by atomic mass is 32.2. The summed E-state index contributed by atoms with van der Waals surface area (Å²) in [5, 5.41) is 11.7. The van der Waals surface area contributed by atoms with Crippen LogP contribution in [0, 0.1) is 11.3 Å². The summed E-state index contributed by atoms with van der Waals surface area (Å²) in [6, 6.07) is 1.66. The summed E-state index contributed by atoms with van der Waals surface area (Å²) in [5.41, 5.74) is -0.0285. The van der Waals surface area contributed by atoms with Crippen molar-refractivity contribution in [1.29, 1.82) is 5.26 Å². The number of hydrogen-bond donors (Lipinski definition) is 1. The molecule has 118 valence electrons. The molecule has 0 aromatic heterocycles. The highest BCUT2D eigenvalue weighted by Gasteiger charge is 2.30. The van der Waals surface area contributed by atoms with Gasteiger partial charge in [0.05, 0.1) is 11.5 Å². The molecule has 1 saturated heterocycles. The molecule has 0 aliphatic carbocycles. The highest BCUT2D eigenvalue weighted by molar-refractivity contribution is 7.91. The summed E-state index contributed by atoms with van der Waals surface area (Å²) in [5.74, 6) is -0.240. The minimum Gasteiger partial charge on any atom is -0.385 e. The first-order valence-corrected chi connectivity index (χ1v) is 8.53. The molecule has 1 amide bonds. The molecule has 0 spiro atoms. The Morgan fingerprint density at radius 1 is 1.57 bits per heavy atom. The number of sulfone groups is 1. The summed E-state index contributed by atoms with van der Waals surface area (Å²) in [6.45, 7) is 0.957. The summed E-state index contributed by atoms with van der Waals surface area (Å²) >= 11 is 0. The van der Waals surface area contributed by atoms with E-state index in [1.54, 1.807) is 19.1 Å². The zero-order valence-electron chi connectivity index (χ0n) is 12.3. The Hall–Kier alpha value is -1.59. The third-order valence-electron chi connectivity index (χ3n) is 3.29. The lowest BCUT2D eigenvalue weighted by Crippen LogP contribution is -2.31. The van der Waals surface area contributed by atoms with Gasteiger partial charge < -0.3 is 15.0 Å². The number of nitriles is 1. The van der Waals surface area contributed by atoms with Gasteiger partial charge in [0.15, 0.2) is 9.84 Å². The lowest BCUT2D eigenvalue weighted by molar-refractivity contribution is -0.117. The fraction of sp³-hybridized carbons (Fsp3) is 0.692. The van der Waals surface area contributed by atoms with Gasteiger partial charge >= 0.3 is 0 Å². The number of ether oxygens (including phenoxy) is 1. The summed E-state index contributed by atoms with van der Waals surface area (Å²) < 4.78 is 27.7. The van der Waals surface area contributed by atoms with E-state index >= 15 is 0 Å². The molecule has 1 aliphatic heterocycles. The molecule has 1 rings (SSSR count). The van der Waals surface area contributed by atoms with Gasteiger partial charge in [0.2, 0.25) is 0 Å². The van der Waals surface area contributed by atoms with Crippen LogP contribution in [-0.2, 0) is 19.4 Å². The minimum absolute atomic E-state index is 0.0285. The topological polar surface area (TPSA) is 99.5 Å². The normalized spacial score (nSPS) is 20.8. The van der Waals surface area contributed by atoms with Crippen LogP contribution < -0.4 is 5.32 Å². The second-order valence-electron chi connectivity index (χ2n) is 4.98. The van der Waals surface area contributed by atoms with E-state index in [9.17, 15) is 13.2 Å². The second kappa shape index (κ2) is 8.00. The molecule has 0 aromatic rings. The number of nitrogens with zero attached hydrogens (tertiary/aromatic N) is 2. The monoisotopic (exact) mass is 315 g/mol. The Bertz CT molecular complexity index is 536. The van der Waals surface area contributed by atoms with Crippen LogP contribution >= 0.6 is 0 Å². The molecule has 1 atom stereocenters. The van der Waals surface area contributed by atoms with Crippen LogP contribution in [0.3, 0.4) is 0 Å². The van der Waals surface area contributed by atoms with Crippen molar-refractivity contribution in [2.45, 2.75) is 18.9 Å². The average molecular weight is 315 g/mol. The number of amides is 1. The summed E-state index contributed by atoms with van der Waals surface area (Å²) in [7, 11) is 0.266. The van der Waals surface area contributed by atoms with E-state index in [1.807, 2.05) is 6.07 Å². The highest BCUT2D eigenvalue weighted by Crippen LogP contribution is 2.17. The fourth-order valence-corrected chi connectivity index (χ4v) is 3.84. The maximum atomic E-state index is 11.8. The third kappa shape index (κ3) is 5.73.